The summed E-state index contributed by atoms with van der Waals surface area (Å²) in [4.78, 5) is 24.4. The van der Waals surface area contributed by atoms with E-state index in [1.165, 1.54) is 6.42 Å². The first-order valence-electron chi connectivity index (χ1n) is 9.49. The quantitative estimate of drug-likeness (QED) is 0.597. The number of hydrogen-bond acceptors (Lipinski definition) is 3. The third-order valence-electron chi connectivity index (χ3n) is 4.82. The molecule has 5 heteroatoms. The molecule has 1 saturated carbocycles. The molecular weight excluding hydrogens is 338 g/mol. The Morgan fingerprint density at radius 1 is 0.963 bits per heavy atom. The number of carbonyl (C=O) groups is 2. The highest BCUT2D eigenvalue weighted by molar-refractivity contribution is 5.96. The highest BCUT2D eigenvalue weighted by atomic mass is 16.2. The second-order valence-corrected chi connectivity index (χ2v) is 6.84. The minimum atomic E-state index is -0.274. The van der Waals surface area contributed by atoms with Crippen LogP contribution in [0.2, 0.25) is 0 Å². The van der Waals surface area contributed by atoms with Crippen LogP contribution in [0.1, 0.15) is 48.0 Å². The number of nitrogens with one attached hydrogen (secondary N) is 2. The summed E-state index contributed by atoms with van der Waals surface area (Å²) in [7, 11) is 0. The highest BCUT2D eigenvalue weighted by Crippen LogP contribution is 2.25. The van der Waals surface area contributed by atoms with Gasteiger partial charge in [-0.15, -0.1) is 0 Å². The first-order chi connectivity index (χ1) is 13.2. The summed E-state index contributed by atoms with van der Waals surface area (Å²) in [5.74, 6) is -0.0810. The number of benzene rings is 2. The van der Waals surface area contributed by atoms with E-state index < -0.39 is 0 Å². The van der Waals surface area contributed by atoms with Crippen LogP contribution in [0.3, 0.4) is 0 Å². The van der Waals surface area contributed by atoms with Crippen molar-refractivity contribution >= 4 is 23.7 Å². The summed E-state index contributed by atoms with van der Waals surface area (Å²) in [5.41, 5.74) is 4.88. The first-order valence-corrected chi connectivity index (χ1v) is 9.49. The molecule has 2 N–H and O–H groups in total. The van der Waals surface area contributed by atoms with Crippen LogP contribution in [0.4, 0.5) is 5.69 Å². The molecule has 0 saturated heterocycles. The molecule has 0 aliphatic heterocycles. The fraction of sp³-hybridized carbons (Fsp3) is 0.318. The standard InChI is InChI=1S/C22H25N3O2/c26-21(18-9-5-2-6-10-18)24-20-13-11-19(12-14-20)22(27)25-23-16-15-17-7-3-1-4-8-17/h1,3-4,7-8,11-14,16,18H,2,5-6,9-10,15H2,(H,24,26)(H,25,27)/b23-16+. The molecule has 0 radical (unpaired) electrons. The van der Waals surface area contributed by atoms with Crippen LogP contribution in [0.15, 0.2) is 59.7 Å². The van der Waals surface area contributed by atoms with Crippen LogP contribution in [-0.2, 0) is 11.2 Å². The van der Waals surface area contributed by atoms with Gasteiger partial charge in [0.15, 0.2) is 0 Å². The molecule has 1 aliphatic rings. The normalized spacial score (nSPS) is 14.8. The molecule has 2 aromatic rings. The maximum Gasteiger partial charge on any atom is 0.271 e. The minimum absolute atomic E-state index is 0.0809. The number of nitrogens with zero attached hydrogens (tertiary/aromatic N) is 1. The van der Waals surface area contributed by atoms with E-state index in [0.717, 1.165) is 36.9 Å². The van der Waals surface area contributed by atoms with Crippen LogP contribution in [0.25, 0.3) is 0 Å². The van der Waals surface area contributed by atoms with E-state index in [2.05, 4.69) is 15.8 Å². The summed E-state index contributed by atoms with van der Waals surface area (Å²) >= 11 is 0. The van der Waals surface area contributed by atoms with Gasteiger partial charge in [0.1, 0.15) is 0 Å². The van der Waals surface area contributed by atoms with Gasteiger partial charge in [0, 0.05) is 29.8 Å². The molecular formula is C22H25N3O2. The van der Waals surface area contributed by atoms with Gasteiger partial charge >= 0.3 is 0 Å². The zero-order valence-electron chi connectivity index (χ0n) is 15.4. The van der Waals surface area contributed by atoms with E-state index in [9.17, 15) is 9.59 Å². The lowest BCUT2D eigenvalue weighted by atomic mass is 9.88. The lowest BCUT2D eigenvalue weighted by molar-refractivity contribution is -0.120. The van der Waals surface area contributed by atoms with Crippen LogP contribution >= 0.6 is 0 Å². The van der Waals surface area contributed by atoms with E-state index in [0.29, 0.717) is 12.0 Å². The Morgan fingerprint density at radius 2 is 1.67 bits per heavy atom. The molecule has 0 spiro atoms. The third kappa shape index (κ3) is 5.78. The number of rotatable bonds is 6. The Bertz CT molecular complexity index is 779. The van der Waals surface area contributed by atoms with Gasteiger partial charge in [-0.2, -0.15) is 5.10 Å². The number of anilines is 1. The predicted octanol–water partition coefficient (Wildman–Crippen LogP) is 4.16. The average molecular weight is 363 g/mol. The second-order valence-electron chi connectivity index (χ2n) is 6.84. The van der Waals surface area contributed by atoms with Gasteiger partial charge in [-0.1, -0.05) is 49.6 Å². The molecule has 1 fully saturated rings. The van der Waals surface area contributed by atoms with Gasteiger partial charge in [-0.3, -0.25) is 9.59 Å². The summed E-state index contributed by atoms with van der Waals surface area (Å²) in [6, 6.07) is 16.8. The van der Waals surface area contributed by atoms with Crippen molar-refractivity contribution in [2.24, 2.45) is 11.0 Å². The van der Waals surface area contributed by atoms with Crippen molar-refractivity contribution in [1.29, 1.82) is 0 Å². The van der Waals surface area contributed by atoms with E-state index in [1.54, 1.807) is 30.5 Å². The Labute approximate surface area is 159 Å². The molecule has 0 bridgehead atoms. The van der Waals surface area contributed by atoms with E-state index in [1.807, 2.05) is 30.3 Å². The van der Waals surface area contributed by atoms with E-state index >= 15 is 0 Å². The van der Waals surface area contributed by atoms with Crippen LogP contribution in [0.5, 0.6) is 0 Å². The fourth-order valence-corrected chi connectivity index (χ4v) is 3.25. The van der Waals surface area contributed by atoms with Crippen LogP contribution in [0, 0.1) is 5.92 Å². The van der Waals surface area contributed by atoms with Gasteiger partial charge in [-0.25, -0.2) is 5.43 Å². The monoisotopic (exact) mass is 363 g/mol. The summed E-state index contributed by atoms with van der Waals surface area (Å²) in [5, 5.41) is 6.93. The first kappa shape index (κ1) is 18.8. The lowest BCUT2D eigenvalue weighted by Gasteiger charge is -2.20. The number of amides is 2. The number of hydrazone groups is 1. The molecule has 0 heterocycles. The SMILES string of the molecule is O=C(N/N=C/Cc1ccccc1)c1ccc(NC(=O)C2CCCCC2)cc1. The number of carbonyl (C=O) groups excluding carboxylic acids is 2. The molecule has 3 rings (SSSR count). The van der Waals surface area contributed by atoms with Gasteiger partial charge in [0.05, 0.1) is 0 Å². The van der Waals surface area contributed by atoms with Crippen LogP contribution < -0.4 is 10.7 Å². The van der Waals surface area contributed by atoms with Crippen molar-refractivity contribution in [2.45, 2.75) is 38.5 Å². The van der Waals surface area contributed by atoms with Gasteiger partial charge in [-0.05, 0) is 42.7 Å². The molecule has 1 aliphatic carbocycles. The van der Waals surface area contributed by atoms with Gasteiger partial charge in [0.25, 0.3) is 5.91 Å². The molecule has 140 valence electrons. The maximum atomic E-state index is 12.3. The zero-order valence-corrected chi connectivity index (χ0v) is 15.4. The van der Waals surface area contributed by atoms with E-state index in [-0.39, 0.29) is 17.7 Å². The largest absolute Gasteiger partial charge is 0.326 e. The molecule has 0 unspecified atom stereocenters. The Hall–Kier alpha value is -2.95. The van der Waals surface area contributed by atoms with Crippen molar-refractivity contribution < 1.29 is 9.59 Å². The Morgan fingerprint density at radius 3 is 2.37 bits per heavy atom. The van der Waals surface area contributed by atoms with Crippen molar-refractivity contribution in [2.75, 3.05) is 5.32 Å². The third-order valence-corrected chi connectivity index (χ3v) is 4.82. The van der Waals surface area contributed by atoms with Crippen molar-refractivity contribution in [1.82, 2.24) is 5.43 Å². The topological polar surface area (TPSA) is 70.6 Å². The summed E-state index contributed by atoms with van der Waals surface area (Å²) in [6.07, 6.45) is 7.74. The van der Waals surface area contributed by atoms with Crippen molar-refractivity contribution in [3.8, 4) is 0 Å². The smallest absolute Gasteiger partial charge is 0.271 e. The molecule has 2 aromatic carbocycles. The van der Waals surface area contributed by atoms with Gasteiger partial charge < -0.3 is 5.32 Å². The molecule has 5 nitrogen and oxygen atoms in total. The molecule has 2 amide bonds. The zero-order chi connectivity index (χ0) is 18.9. The molecule has 0 atom stereocenters. The highest BCUT2D eigenvalue weighted by Gasteiger charge is 2.21. The van der Waals surface area contributed by atoms with Crippen LogP contribution in [-0.4, -0.2) is 18.0 Å². The average Bonchev–Trinajstić information content (AvgIpc) is 2.73. The molecule has 27 heavy (non-hydrogen) atoms. The second kappa shape index (κ2) is 9.67. The Kier molecular flexibility index (Phi) is 6.74. The Balaban J connectivity index is 1.47. The van der Waals surface area contributed by atoms with Crippen molar-refractivity contribution in [3.63, 3.8) is 0 Å². The summed E-state index contributed by atoms with van der Waals surface area (Å²) < 4.78 is 0. The minimum Gasteiger partial charge on any atom is -0.326 e. The van der Waals surface area contributed by atoms with Gasteiger partial charge in [0.2, 0.25) is 5.91 Å². The van der Waals surface area contributed by atoms with E-state index in [4.69, 9.17) is 0 Å². The lowest BCUT2D eigenvalue weighted by Crippen LogP contribution is -2.24. The number of hydrogen-bond donors (Lipinski definition) is 2. The fourth-order valence-electron chi connectivity index (χ4n) is 3.25. The van der Waals surface area contributed by atoms with Crippen molar-refractivity contribution in [3.05, 3.63) is 65.7 Å². The predicted molar refractivity (Wildman–Crippen MR) is 108 cm³/mol. The molecule has 0 aromatic heterocycles. The summed E-state index contributed by atoms with van der Waals surface area (Å²) in [6.45, 7) is 0. The maximum absolute atomic E-state index is 12.3.